The summed E-state index contributed by atoms with van der Waals surface area (Å²) in [5, 5.41) is 1.02. The van der Waals surface area contributed by atoms with Gasteiger partial charge < -0.3 is 5.73 Å². The zero-order valence-electron chi connectivity index (χ0n) is 11.9. The Balaban J connectivity index is 2.68. The van der Waals surface area contributed by atoms with Gasteiger partial charge in [-0.15, -0.1) is 0 Å². The van der Waals surface area contributed by atoms with Crippen molar-refractivity contribution in [3.8, 4) is 0 Å². The highest BCUT2D eigenvalue weighted by Gasteiger charge is 2.15. The van der Waals surface area contributed by atoms with E-state index in [4.69, 9.17) is 5.73 Å². The number of rotatable bonds is 2. The van der Waals surface area contributed by atoms with Crippen molar-refractivity contribution in [2.45, 2.75) is 39.5 Å². The molecule has 3 heteroatoms. The lowest BCUT2D eigenvalue weighted by Gasteiger charge is -2.20. The van der Waals surface area contributed by atoms with Crippen LogP contribution in [-0.4, -0.2) is 10.9 Å². The molecule has 2 aromatic rings. The highest BCUT2D eigenvalue weighted by Crippen LogP contribution is 2.27. The van der Waals surface area contributed by atoms with Crippen molar-refractivity contribution in [2.24, 2.45) is 5.73 Å². The third kappa shape index (κ3) is 2.92. The van der Waals surface area contributed by atoms with Gasteiger partial charge in [-0.1, -0.05) is 26.8 Å². The van der Waals surface area contributed by atoms with Crippen molar-refractivity contribution >= 4 is 16.8 Å². The average molecular weight is 256 g/mol. The second-order valence-corrected chi connectivity index (χ2v) is 6.05. The summed E-state index contributed by atoms with van der Waals surface area (Å²) in [6.07, 6.45) is 0.257. The summed E-state index contributed by atoms with van der Waals surface area (Å²) in [4.78, 5) is 15.7. The second-order valence-electron chi connectivity index (χ2n) is 6.05. The molecular weight excluding hydrogens is 236 g/mol. The van der Waals surface area contributed by atoms with E-state index in [0.29, 0.717) is 0 Å². The predicted octanol–water partition coefficient (Wildman–Crippen LogP) is 2.87. The van der Waals surface area contributed by atoms with Gasteiger partial charge in [-0.25, -0.2) is 0 Å². The SMILES string of the molecule is Cc1cc(CC(N)=O)c2cc(C(C)(C)C)ccc2n1. The van der Waals surface area contributed by atoms with Gasteiger partial charge in [0.25, 0.3) is 0 Å². The van der Waals surface area contributed by atoms with Crippen LogP contribution < -0.4 is 5.73 Å². The minimum absolute atomic E-state index is 0.0725. The number of hydrogen-bond acceptors (Lipinski definition) is 2. The Hall–Kier alpha value is -1.90. The van der Waals surface area contributed by atoms with Gasteiger partial charge in [0.15, 0.2) is 0 Å². The highest BCUT2D eigenvalue weighted by atomic mass is 16.1. The van der Waals surface area contributed by atoms with E-state index < -0.39 is 0 Å². The molecule has 3 nitrogen and oxygen atoms in total. The maximum atomic E-state index is 11.2. The van der Waals surface area contributed by atoms with Crippen molar-refractivity contribution in [3.05, 3.63) is 41.1 Å². The molecule has 0 spiro atoms. The van der Waals surface area contributed by atoms with Crippen LogP contribution in [0.2, 0.25) is 0 Å². The van der Waals surface area contributed by atoms with Crippen LogP contribution >= 0.6 is 0 Å². The van der Waals surface area contributed by atoms with Crippen molar-refractivity contribution in [3.63, 3.8) is 0 Å². The number of fused-ring (bicyclic) bond motifs is 1. The molecule has 2 N–H and O–H groups in total. The van der Waals surface area contributed by atoms with Crippen LogP contribution in [0.1, 0.15) is 37.6 Å². The number of nitrogens with two attached hydrogens (primary N) is 1. The largest absolute Gasteiger partial charge is 0.369 e. The molecule has 0 aliphatic heterocycles. The third-order valence-corrected chi connectivity index (χ3v) is 3.25. The molecule has 100 valence electrons. The van der Waals surface area contributed by atoms with E-state index in [1.165, 1.54) is 5.56 Å². The molecule has 0 saturated carbocycles. The summed E-state index contributed by atoms with van der Waals surface area (Å²) >= 11 is 0. The standard InChI is InChI=1S/C16H20N2O/c1-10-7-11(8-15(17)19)13-9-12(16(2,3)4)5-6-14(13)18-10/h5-7,9H,8H2,1-4H3,(H2,17,19). The van der Waals surface area contributed by atoms with Gasteiger partial charge in [-0.2, -0.15) is 0 Å². The molecule has 1 heterocycles. The quantitative estimate of drug-likeness (QED) is 0.898. The van der Waals surface area contributed by atoms with Crippen LogP contribution in [0.15, 0.2) is 24.3 Å². The molecular formula is C16H20N2O. The highest BCUT2D eigenvalue weighted by molar-refractivity contribution is 5.88. The summed E-state index contributed by atoms with van der Waals surface area (Å²) in [6.45, 7) is 8.44. The molecule has 1 aromatic heterocycles. The van der Waals surface area contributed by atoms with E-state index in [-0.39, 0.29) is 17.7 Å². The van der Waals surface area contributed by atoms with Gasteiger partial charge in [0.2, 0.25) is 5.91 Å². The molecule has 0 aliphatic rings. The first kappa shape index (κ1) is 13.5. The normalized spacial score (nSPS) is 11.8. The van der Waals surface area contributed by atoms with Crippen LogP contribution in [0.3, 0.4) is 0 Å². The summed E-state index contributed by atoms with van der Waals surface area (Å²) in [7, 11) is 0. The molecule has 1 amide bonds. The molecule has 0 aliphatic carbocycles. The van der Waals surface area contributed by atoms with E-state index in [1.807, 2.05) is 19.1 Å². The lowest BCUT2D eigenvalue weighted by atomic mass is 9.85. The second kappa shape index (κ2) is 4.65. The molecule has 19 heavy (non-hydrogen) atoms. The fraction of sp³-hybridized carbons (Fsp3) is 0.375. The summed E-state index contributed by atoms with van der Waals surface area (Å²) in [6, 6.07) is 8.19. The van der Waals surface area contributed by atoms with Gasteiger partial charge in [0.1, 0.15) is 0 Å². The first-order chi connectivity index (χ1) is 8.77. The Morgan fingerprint density at radius 1 is 1.26 bits per heavy atom. The lowest BCUT2D eigenvalue weighted by molar-refractivity contribution is -0.117. The van der Waals surface area contributed by atoms with E-state index in [9.17, 15) is 4.79 Å². The van der Waals surface area contributed by atoms with Gasteiger partial charge in [0, 0.05) is 11.1 Å². The summed E-state index contributed by atoms with van der Waals surface area (Å²) in [5.74, 6) is -0.312. The maximum Gasteiger partial charge on any atom is 0.221 e. The van der Waals surface area contributed by atoms with E-state index in [0.717, 1.165) is 22.2 Å². The first-order valence-electron chi connectivity index (χ1n) is 6.46. The van der Waals surface area contributed by atoms with Crippen molar-refractivity contribution in [1.29, 1.82) is 0 Å². The summed E-state index contributed by atoms with van der Waals surface area (Å²) in [5.41, 5.74) is 9.42. The number of aromatic nitrogens is 1. The number of carbonyl (C=O) groups excluding carboxylic acids is 1. The van der Waals surface area contributed by atoms with Gasteiger partial charge in [-0.05, 0) is 41.7 Å². The first-order valence-corrected chi connectivity index (χ1v) is 6.46. The number of nitrogens with zero attached hydrogens (tertiary/aromatic N) is 1. The van der Waals surface area contributed by atoms with E-state index >= 15 is 0 Å². The number of pyridine rings is 1. The zero-order chi connectivity index (χ0) is 14.2. The van der Waals surface area contributed by atoms with E-state index in [1.54, 1.807) is 0 Å². The Morgan fingerprint density at radius 2 is 1.95 bits per heavy atom. The van der Waals surface area contributed by atoms with Crippen LogP contribution in [0, 0.1) is 6.92 Å². The van der Waals surface area contributed by atoms with Gasteiger partial charge in [0.05, 0.1) is 11.9 Å². The van der Waals surface area contributed by atoms with Crippen molar-refractivity contribution in [2.75, 3.05) is 0 Å². The lowest BCUT2D eigenvalue weighted by Crippen LogP contribution is -2.15. The molecule has 0 radical (unpaired) electrons. The molecule has 0 unspecified atom stereocenters. The number of hydrogen-bond donors (Lipinski definition) is 1. The Labute approximate surface area is 113 Å². The Bertz CT molecular complexity index is 639. The minimum Gasteiger partial charge on any atom is -0.369 e. The topological polar surface area (TPSA) is 56.0 Å². The van der Waals surface area contributed by atoms with Crippen LogP contribution in [0.4, 0.5) is 0 Å². The van der Waals surface area contributed by atoms with Crippen LogP contribution in [-0.2, 0) is 16.6 Å². The fourth-order valence-corrected chi connectivity index (χ4v) is 2.24. The molecule has 1 aromatic carbocycles. The van der Waals surface area contributed by atoms with Crippen molar-refractivity contribution < 1.29 is 4.79 Å². The minimum atomic E-state index is -0.312. The fourth-order valence-electron chi connectivity index (χ4n) is 2.24. The van der Waals surface area contributed by atoms with Gasteiger partial charge in [-0.3, -0.25) is 9.78 Å². The molecule has 0 saturated heterocycles. The summed E-state index contributed by atoms with van der Waals surface area (Å²) < 4.78 is 0. The van der Waals surface area contributed by atoms with Crippen molar-refractivity contribution in [1.82, 2.24) is 4.98 Å². The average Bonchev–Trinajstić information content (AvgIpc) is 2.26. The third-order valence-electron chi connectivity index (χ3n) is 3.25. The van der Waals surface area contributed by atoms with E-state index in [2.05, 4.69) is 37.9 Å². The van der Waals surface area contributed by atoms with Gasteiger partial charge >= 0.3 is 0 Å². The monoisotopic (exact) mass is 256 g/mol. The number of aryl methyl sites for hydroxylation is 1. The number of amides is 1. The molecule has 2 rings (SSSR count). The number of benzene rings is 1. The van der Waals surface area contributed by atoms with Crippen LogP contribution in [0.5, 0.6) is 0 Å². The molecule has 0 bridgehead atoms. The van der Waals surface area contributed by atoms with Crippen LogP contribution in [0.25, 0.3) is 10.9 Å². The Kier molecular flexibility index (Phi) is 3.31. The maximum absolute atomic E-state index is 11.2. The number of carbonyl (C=O) groups is 1. The molecule has 0 atom stereocenters. The smallest absolute Gasteiger partial charge is 0.221 e. The molecule has 0 fully saturated rings. The predicted molar refractivity (Wildman–Crippen MR) is 78.1 cm³/mol. The number of primary amides is 1. The Morgan fingerprint density at radius 3 is 2.53 bits per heavy atom. The zero-order valence-corrected chi connectivity index (χ0v) is 11.9.